The molecule has 0 spiro atoms. The molecule has 60 valence electrons. The van der Waals surface area contributed by atoms with Gasteiger partial charge in [0.2, 0.25) is 0 Å². The minimum Gasteiger partial charge on any atom is -0.305 e. The smallest absolute Gasteiger partial charge is 0.305 e. The first-order chi connectivity index (χ1) is 8.64. The first kappa shape index (κ1) is 2.69. The zero-order chi connectivity index (χ0) is 14.5. The summed E-state index contributed by atoms with van der Waals surface area (Å²) in [4.78, 5) is 16.8. The third kappa shape index (κ3) is 0.993. The Morgan fingerprint density at radius 2 is 2.42 bits per heavy atom. The van der Waals surface area contributed by atoms with Gasteiger partial charge in [-0.15, -0.1) is 0 Å². The average molecular weight is 167 g/mol. The van der Waals surface area contributed by atoms with Crippen molar-refractivity contribution in [3.8, 4) is 0 Å². The van der Waals surface area contributed by atoms with Crippen molar-refractivity contribution in [1.82, 2.24) is 9.97 Å². The molecule has 0 aliphatic rings. The molecule has 1 aromatic carbocycles. The van der Waals surface area contributed by atoms with Gasteiger partial charge in [0.25, 0.3) is 0 Å². The van der Waals surface area contributed by atoms with E-state index in [1.54, 1.807) is 0 Å². The number of aromatic amines is 1. The highest BCUT2D eigenvalue weighted by Crippen LogP contribution is 2.10. The summed E-state index contributed by atoms with van der Waals surface area (Å²) in [5.41, 5.74) is -1.85. The maximum atomic E-state index is 11.3. The first-order valence-corrected chi connectivity index (χ1v) is 3.15. The molecule has 0 amide bonds. The summed E-state index contributed by atoms with van der Waals surface area (Å²) in [5.74, 6) is 0. The van der Waals surface area contributed by atoms with Crippen molar-refractivity contribution in [2.24, 2.45) is 0 Å². The van der Waals surface area contributed by atoms with Crippen molar-refractivity contribution in [1.29, 1.82) is 0 Å². The molecule has 0 radical (unpaired) electrons. The van der Waals surface area contributed by atoms with E-state index in [2.05, 4.69) is 9.97 Å². The maximum absolute atomic E-state index is 11.3. The van der Waals surface area contributed by atoms with Crippen LogP contribution in [0.4, 0.5) is 0 Å². The Labute approximate surface area is 78.9 Å². The molecule has 0 unspecified atom stereocenters. The summed E-state index contributed by atoms with van der Waals surface area (Å²) in [6.45, 7) is -2.75. The van der Waals surface area contributed by atoms with E-state index in [0.717, 1.165) is 0 Å². The monoisotopic (exact) mass is 167 g/mol. The number of rotatable bonds is 0. The molecular weight excluding hydrogens is 152 g/mol. The van der Waals surface area contributed by atoms with Crippen LogP contribution in [0.15, 0.2) is 29.0 Å². The second-order valence-corrected chi connectivity index (χ2v) is 2.14. The van der Waals surface area contributed by atoms with Crippen molar-refractivity contribution in [3.63, 3.8) is 0 Å². The Balaban J connectivity index is 3.13. The molecule has 1 aromatic heterocycles. The first-order valence-electron chi connectivity index (χ1n) is 6.65. The highest BCUT2D eigenvalue weighted by molar-refractivity contribution is 5.80. The number of aryl methyl sites for hydroxylation is 1. The van der Waals surface area contributed by atoms with Gasteiger partial charge in [-0.2, -0.15) is 4.98 Å². The molecule has 0 saturated carbocycles. The molecule has 0 bridgehead atoms. The van der Waals surface area contributed by atoms with Crippen LogP contribution in [0.1, 0.15) is 15.3 Å². The van der Waals surface area contributed by atoms with Crippen LogP contribution in [0.3, 0.4) is 0 Å². The highest BCUT2D eigenvalue weighted by atomic mass is 16.1. The van der Waals surface area contributed by atoms with Crippen molar-refractivity contribution in [3.05, 3.63) is 40.3 Å². The summed E-state index contributed by atoms with van der Waals surface area (Å²) in [6, 6.07) is -2.15. The normalized spacial score (nSPS) is 19.8. The number of nitrogens with zero attached hydrogens (tertiary/aromatic N) is 1. The molecule has 2 aromatic rings. The van der Waals surface area contributed by atoms with Gasteiger partial charge in [0.1, 0.15) is 0 Å². The number of hydrogen-bond acceptors (Lipinski definition) is 2. The van der Waals surface area contributed by atoms with E-state index in [4.69, 9.17) is 9.60 Å². The number of aromatic nitrogens is 2. The molecule has 0 saturated heterocycles. The van der Waals surface area contributed by atoms with Gasteiger partial charge < -0.3 is 4.98 Å². The van der Waals surface area contributed by atoms with E-state index in [9.17, 15) is 4.79 Å². The summed E-state index contributed by atoms with van der Waals surface area (Å²) in [7, 11) is 0. The lowest BCUT2D eigenvalue weighted by Gasteiger charge is -1.97. The Morgan fingerprint density at radius 1 is 1.58 bits per heavy atom. The van der Waals surface area contributed by atoms with Crippen LogP contribution >= 0.6 is 0 Å². The molecular formula is C9H8N2O. The minimum atomic E-state index is -2.75. The predicted octanol–water partition coefficient (Wildman–Crippen LogP) is 1.23. The molecule has 1 N–H and O–H groups in total. The molecule has 12 heavy (non-hydrogen) atoms. The zero-order valence-corrected chi connectivity index (χ0v) is 5.86. The topological polar surface area (TPSA) is 45.8 Å². The number of para-hydroxylation sites is 1. The fourth-order valence-corrected chi connectivity index (χ4v) is 0.876. The van der Waals surface area contributed by atoms with Crippen LogP contribution in [-0.2, 0) is 0 Å². The molecule has 0 fully saturated rings. The quantitative estimate of drug-likeness (QED) is 0.641. The van der Waals surface area contributed by atoms with E-state index in [1.165, 1.54) is 0 Å². The Bertz CT molecular complexity index is 734. The maximum Gasteiger partial charge on any atom is 0.345 e. The molecule has 0 aliphatic carbocycles. The van der Waals surface area contributed by atoms with Crippen molar-refractivity contribution >= 4 is 10.9 Å². The lowest BCUT2D eigenvalue weighted by atomic mass is 10.2. The van der Waals surface area contributed by atoms with Gasteiger partial charge in [0.15, 0.2) is 0 Å². The van der Waals surface area contributed by atoms with Gasteiger partial charge in [0, 0.05) is 9.50 Å². The number of benzene rings is 1. The van der Waals surface area contributed by atoms with Gasteiger partial charge in [-0.1, -0.05) is 18.1 Å². The molecule has 0 atom stereocenters. The Morgan fingerprint density at radius 3 is 3.25 bits per heavy atom. The van der Waals surface area contributed by atoms with Crippen LogP contribution in [0.25, 0.3) is 10.9 Å². The molecule has 0 aliphatic heterocycles. The van der Waals surface area contributed by atoms with Gasteiger partial charge in [-0.3, -0.25) is 0 Å². The van der Waals surface area contributed by atoms with Gasteiger partial charge >= 0.3 is 5.69 Å². The molecule has 2 rings (SSSR count). The number of hydrogen-bond donors (Lipinski definition) is 1. The Kier molecular flexibility index (Phi) is 0.548. The average Bonchev–Trinajstić information content (AvgIpc) is 2.31. The van der Waals surface area contributed by atoms with Gasteiger partial charge in [-0.25, -0.2) is 4.79 Å². The zero-order valence-electron chi connectivity index (χ0n) is 12.9. The van der Waals surface area contributed by atoms with Crippen LogP contribution in [0.2, 0.25) is 0 Å². The van der Waals surface area contributed by atoms with Crippen LogP contribution in [-0.4, -0.2) is 9.97 Å². The van der Waals surface area contributed by atoms with Crippen LogP contribution in [0.5, 0.6) is 0 Å². The molecule has 3 nitrogen and oxygen atoms in total. The largest absolute Gasteiger partial charge is 0.345 e. The lowest BCUT2D eigenvalue weighted by molar-refractivity contribution is 1.07. The summed E-state index contributed by atoms with van der Waals surface area (Å²) in [5, 5.41) is -0.286. The number of fused-ring (bicyclic) bond motifs is 1. The second-order valence-electron chi connectivity index (χ2n) is 2.14. The van der Waals surface area contributed by atoms with E-state index in [-0.39, 0.29) is 10.9 Å². The van der Waals surface area contributed by atoms with E-state index in [0.29, 0.717) is 0 Å². The summed E-state index contributed by atoms with van der Waals surface area (Å²) in [6.07, 6.45) is 0. The number of nitrogens with one attached hydrogen (secondary N) is 1. The standard InChI is InChI=1S/C9H8N2O/c1-6-7-4-2-3-5-8(7)11-9(12)10-6/h2-5H,1H3,(H,10,11,12)/i1D3,2D,3D,4D,5D. The summed E-state index contributed by atoms with van der Waals surface area (Å²) < 4.78 is 52.3. The minimum absolute atomic E-state index is 0.253. The second kappa shape index (κ2) is 2.44. The lowest BCUT2D eigenvalue weighted by Crippen LogP contribution is -2.11. The van der Waals surface area contributed by atoms with Crippen molar-refractivity contribution < 1.29 is 9.60 Å². The van der Waals surface area contributed by atoms with E-state index < -0.39 is 42.4 Å². The van der Waals surface area contributed by atoms with Crippen molar-refractivity contribution in [2.45, 2.75) is 6.85 Å². The highest BCUT2D eigenvalue weighted by Gasteiger charge is 1.97. The van der Waals surface area contributed by atoms with Crippen molar-refractivity contribution in [2.75, 3.05) is 0 Å². The SMILES string of the molecule is [2H]c1c([2H])c([2H])c2c(C([2H])([2H])[2H])nc(=O)[nH]c2c1[2H]. The van der Waals surface area contributed by atoms with Gasteiger partial charge in [-0.05, 0) is 12.9 Å². The van der Waals surface area contributed by atoms with E-state index in [1.807, 2.05) is 0 Å². The third-order valence-electron chi connectivity index (χ3n) is 1.37. The van der Waals surface area contributed by atoms with Gasteiger partial charge in [0.05, 0.1) is 16.7 Å². The van der Waals surface area contributed by atoms with E-state index >= 15 is 0 Å². The van der Waals surface area contributed by atoms with Crippen LogP contribution in [0, 0.1) is 6.85 Å². The third-order valence-corrected chi connectivity index (χ3v) is 1.37. The molecule has 3 heteroatoms. The summed E-state index contributed by atoms with van der Waals surface area (Å²) >= 11 is 0. The fraction of sp³-hybridized carbons (Fsp3) is 0.111. The predicted molar refractivity (Wildman–Crippen MR) is 47.1 cm³/mol. The Hall–Kier alpha value is -1.64. The van der Waals surface area contributed by atoms with Crippen LogP contribution < -0.4 is 5.69 Å². The number of H-pyrrole nitrogens is 1. The molecule has 1 heterocycles. The fourth-order valence-electron chi connectivity index (χ4n) is 0.876.